The lowest BCUT2D eigenvalue weighted by Crippen LogP contribution is -2.39. The second kappa shape index (κ2) is 7.94. The topological polar surface area (TPSA) is 113 Å². The maximum Gasteiger partial charge on any atom is 0.287 e. The van der Waals surface area contributed by atoms with Crippen molar-refractivity contribution in [3.05, 3.63) is 60.1 Å². The molecule has 4 rings (SSSR count). The lowest BCUT2D eigenvalue weighted by atomic mass is 10.1. The number of rotatable bonds is 5. The zero-order chi connectivity index (χ0) is 20.4. The number of fused-ring (bicyclic) bond motifs is 1. The summed E-state index contributed by atoms with van der Waals surface area (Å²) in [6.45, 7) is 0.868. The normalized spacial score (nSPS) is 16.2. The van der Waals surface area contributed by atoms with Gasteiger partial charge in [0, 0.05) is 31.2 Å². The number of piperidine rings is 1. The van der Waals surface area contributed by atoms with Gasteiger partial charge in [-0.3, -0.25) is 9.78 Å². The Morgan fingerprint density at radius 3 is 2.62 bits per heavy atom. The van der Waals surface area contributed by atoms with Crippen molar-refractivity contribution in [3.8, 4) is 0 Å². The van der Waals surface area contributed by atoms with Gasteiger partial charge in [-0.05, 0) is 42.7 Å². The fourth-order valence-corrected chi connectivity index (χ4v) is 4.75. The van der Waals surface area contributed by atoms with Gasteiger partial charge in [-0.2, -0.15) is 4.31 Å². The maximum atomic E-state index is 12.7. The van der Waals surface area contributed by atoms with E-state index in [0.29, 0.717) is 31.5 Å². The van der Waals surface area contributed by atoms with Crippen LogP contribution < -0.4 is 5.32 Å². The van der Waals surface area contributed by atoms with Crippen molar-refractivity contribution in [3.63, 3.8) is 0 Å². The van der Waals surface area contributed by atoms with Crippen molar-refractivity contribution in [1.29, 1.82) is 0 Å². The molecule has 0 spiro atoms. The highest BCUT2D eigenvalue weighted by Crippen LogP contribution is 2.21. The van der Waals surface area contributed by atoms with Gasteiger partial charge in [0.15, 0.2) is 11.3 Å². The second-order valence-corrected chi connectivity index (χ2v) is 8.92. The van der Waals surface area contributed by atoms with Crippen LogP contribution >= 0.6 is 0 Å². The van der Waals surface area contributed by atoms with Crippen LogP contribution in [0.15, 0.2) is 58.1 Å². The molecule has 0 radical (unpaired) electrons. The second-order valence-electron chi connectivity index (χ2n) is 6.99. The number of aromatic nitrogens is 1. The number of aliphatic hydroxyl groups excluding tert-OH is 1. The number of amides is 1. The predicted molar refractivity (Wildman–Crippen MR) is 106 cm³/mol. The number of hydrogen-bond donors (Lipinski definition) is 2. The van der Waals surface area contributed by atoms with Gasteiger partial charge < -0.3 is 14.8 Å². The van der Waals surface area contributed by atoms with E-state index in [9.17, 15) is 18.3 Å². The molecule has 1 saturated heterocycles. The molecule has 29 heavy (non-hydrogen) atoms. The Hall–Kier alpha value is -2.75. The molecule has 152 valence electrons. The van der Waals surface area contributed by atoms with Crippen molar-refractivity contribution in [2.75, 3.05) is 13.1 Å². The number of benzene rings is 1. The van der Waals surface area contributed by atoms with Crippen LogP contribution in [0.2, 0.25) is 0 Å². The van der Waals surface area contributed by atoms with Crippen molar-refractivity contribution < 1.29 is 22.7 Å². The molecular formula is C20H21N3O5S. The summed E-state index contributed by atoms with van der Waals surface area (Å²) in [6.07, 6.45) is 3.63. The fourth-order valence-electron chi connectivity index (χ4n) is 3.28. The average Bonchev–Trinajstić information content (AvgIpc) is 3.17. The van der Waals surface area contributed by atoms with Gasteiger partial charge in [0.2, 0.25) is 10.0 Å². The highest BCUT2D eigenvalue weighted by Gasteiger charge is 2.28. The van der Waals surface area contributed by atoms with Crippen LogP contribution in [0.4, 0.5) is 0 Å². The first kappa shape index (κ1) is 19.6. The molecule has 9 heteroatoms. The van der Waals surface area contributed by atoms with E-state index in [4.69, 9.17) is 4.42 Å². The van der Waals surface area contributed by atoms with Crippen LogP contribution in [-0.2, 0) is 16.6 Å². The molecule has 8 nitrogen and oxygen atoms in total. The number of carbonyl (C=O) groups is 1. The Labute approximate surface area is 168 Å². The SMILES string of the molecule is O=C(NCc1ccc(S(=O)(=O)N2CCC(O)CC2)cc1)c1cc2ccncc2o1. The smallest absolute Gasteiger partial charge is 0.287 e. The van der Waals surface area contributed by atoms with Gasteiger partial charge in [0.25, 0.3) is 5.91 Å². The third kappa shape index (κ3) is 4.16. The van der Waals surface area contributed by atoms with Crippen LogP contribution in [0.25, 0.3) is 11.0 Å². The summed E-state index contributed by atoms with van der Waals surface area (Å²) in [5, 5.41) is 13.1. The molecule has 2 aromatic heterocycles. The summed E-state index contributed by atoms with van der Waals surface area (Å²) < 4.78 is 32.3. The first-order valence-corrected chi connectivity index (χ1v) is 10.8. The zero-order valence-corrected chi connectivity index (χ0v) is 16.4. The number of sulfonamides is 1. The van der Waals surface area contributed by atoms with Gasteiger partial charge in [-0.25, -0.2) is 8.42 Å². The third-order valence-corrected chi connectivity index (χ3v) is 6.90. The lowest BCUT2D eigenvalue weighted by Gasteiger charge is -2.28. The molecule has 1 aliphatic rings. The highest BCUT2D eigenvalue weighted by atomic mass is 32.2. The maximum absolute atomic E-state index is 12.7. The molecular weight excluding hydrogens is 394 g/mol. The first-order valence-electron chi connectivity index (χ1n) is 9.32. The van der Waals surface area contributed by atoms with Crippen molar-refractivity contribution >= 4 is 26.9 Å². The Bertz CT molecular complexity index is 1080. The molecule has 1 fully saturated rings. The standard InChI is InChI=1S/C20H21N3O5S/c24-16-6-9-23(10-7-16)29(26,27)17-3-1-14(2-4-17)12-22-20(25)18-11-15-5-8-21-13-19(15)28-18/h1-5,8,11,13,16,24H,6-7,9-10,12H2,(H,22,25). The van der Waals surface area contributed by atoms with Gasteiger partial charge in [0.1, 0.15) is 0 Å². The Balaban J connectivity index is 1.39. The van der Waals surface area contributed by atoms with Crippen LogP contribution in [0.5, 0.6) is 0 Å². The van der Waals surface area contributed by atoms with E-state index in [1.807, 2.05) is 0 Å². The minimum absolute atomic E-state index is 0.194. The quantitative estimate of drug-likeness (QED) is 0.658. The van der Waals surface area contributed by atoms with Crippen LogP contribution in [-0.4, -0.2) is 47.9 Å². The number of pyridine rings is 1. The minimum Gasteiger partial charge on any atom is -0.449 e. The molecule has 3 heterocycles. The molecule has 2 N–H and O–H groups in total. The Morgan fingerprint density at radius 2 is 1.93 bits per heavy atom. The van der Waals surface area contributed by atoms with Gasteiger partial charge in [-0.15, -0.1) is 0 Å². The van der Waals surface area contributed by atoms with Crippen molar-refractivity contribution in [2.24, 2.45) is 0 Å². The predicted octanol–water partition coefficient (Wildman–Crippen LogP) is 1.90. The van der Waals surface area contributed by atoms with Gasteiger partial charge >= 0.3 is 0 Å². The van der Waals surface area contributed by atoms with E-state index in [2.05, 4.69) is 10.3 Å². The Kier molecular flexibility index (Phi) is 5.35. The van der Waals surface area contributed by atoms with Gasteiger partial charge in [0.05, 0.1) is 17.2 Å². The molecule has 3 aromatic rings. The number of nitrogens with zero attached hydrogens (tertiary/aromatic N) is 2. The first-order chi connectivity index (χ1) is 13.9. The van der Waals surface area contributed by atoms with E-state index in [1.165, 1.54) is 16.4 Å². The summed E-state index contributed by atoms with van der Waals surface area (Å²) in [6, 6.07) is 9.84. The minimum atomic E-state index is -3.58. The number of nitrogens with one attached hydrogen (secondary N) is 1. The van der Waals surface area contributed by atoms with Crippen LogP contribution in [0.1, 0.15) is 29.0 Å². The molecule has 1 aliphatic heterocycles. The van der Waals surface area contributed by atoms with E-state index in [0.717, 1.165) is 10.9 Å². The van der Waals surface area contributed by atoms with Crippen LogP contribution in [0.3, 0.4) is 0 Å². The molecule has 0 aliphatic carbocycles. The monoisotopic (exact) mass is 415 g/mol. The lowest BCUT2D eigenvalue weighted by molar-refractivity contribution is 0.0925. The van der Waals surface area contributed by atoms with E-state index >= 15 is 0 Å². The summed E-state index contributed by atoms with van der Waals surface area (Å²) in [7, 11) is -3.58. The Morgan fingerprint density at radius 1 is 1.21 bits per heavy atom. The molecule has 0 bridgehead atoms. The van der Waals surface area contributed by atoms with Gasteiger partial charge in [-0.1, -0.05) is 12.1 Å². The number of carbonyl (C=O) groups excluding carboxylic acids is 1. The van der Waals surface area contributed by atoms with Crippen molar-refractivity contribution in [1.82, 2.24) is 14.6 Å². The molecule has 0 saturated carbocycles. The number of hydrogen-bond acceptors (Lipinski definition) is 6. The van der Waals surface area contributed by atoms with E-state index < -0.39 is 16.1 Å². The molecule has 1 aromatic carbocycles. The summed E-state index contributed by atoms with van der Waals surface area (Å²) in [4.78, 5) is 16.5. The average molecular weight is 415 g/mol. The molecule has 0 unspecified atom stereocenters. The molecule has 1 amide bonds. The van der Waals surface area contributed by atoms with E-state index in [-0.39, 0.29) is 23.1 Å². The van der Waals surface area contributed by atoms with Crippen molar-refractivity contribution in [2.45, 2.75) is 30.4 Å². The van der Waals surface area contributed by atoms with Crippen LogP contribution in [0, 0.1) is 0 Å². The molecule has 0 atom stereocenters. The summed E-state index contributed by atoms with van der Waals surface area (Å²) >= 11 is 0. The zero-order valence-electron chi connectivity index (χ0n) is 15.6. The number of aliphatic hydroxyl groups is 1. The highest BCUT2D eigenvalue weighted by molar-refractivity contribution is 7.89. The summed E-state index contributed by atoms with van der Waals surface area (Å²) in [5.74, 6) is -0.163. The fraction of sp³-hybridized carbons (Fsp3) is 0.300. The largest absolute Gasteiger partial charge is 0.449 e. The summed E-state index contributed by atoms with van der Waals surface area (Å²) in [5.41, 5.74) is 1.31. The number of furan rings is 1. The third-order valence-electron chi connectivity index (χ3n) is 4.98. The van der Waals surface area contributed by atoms with E-state index in [1.54, 1.807) is 36.7 Å².